The Hall–Kier alpha value is -2.59. The molecule has 0 N–H and O–H groups in total. The first-order chi connectivity index (χ1) is 11.3. The van der Waals surface area contributed by atoms with Gasteiger partial charge < -0.3 is 9.15 Å². The van der Waals surface area contributed by atoms with Crippen LogP contribution < -0.4 is 10.4 Å². The first-order valence-electron chi connectivity index (χ1n) is 7.84. The Labute approximate surface area is 132 Å². The Bertz CT molecular complexity index is 976. The molecule has 3 aromatic rings. The lowest BCUT2D eigenvalue weighted by Crippen LogP contribution is -2.40. The van der Waals surface area contributed by atoms with E-state index in [1.165, 1.54) is 17.2 Å². The number of nitrogens with zero attached hydrogens (tertiary/aromatic N) is 1. The van der Waals surface area contributed by atoms with Crippen molar-refractivity contribution >= 4 is 11.0 Å². The van der Waals surface area contributed by atoms with Gasteiger partial charge in [0, 0.05) is 30.1 Å². The molecule has 0 bridgehead atoms. The molecule has 0 saturated heterocycles. The van der Waals surface area contributed by atoms with Crippen LogP contribution in [0.1, 0.15) is 22.9 Å². The highest BCUT2D eigenvalue weighted by Gasteiger charge is 2.34. The second-order valence-electron chi connectivity index (χ2n) is 6.10. The quantitative estimate of drug-likeness (QED) is 0.598. The summed E-state index contributed by atoms with van der Waals surface area (Å²) in [6, 6.07) is 15.6. The molecule has 3 heterocycles. The summed E-state index contributed by atoms with van der Waals surface area (Å²) in [6.45, 7) is 1.67. The predicted octanol–water partition coefficient (Wildman–Crippen LogP) is 3.24. The monoisotopic (exact) mass is 305 g/mol. The van der Waals surface area contributed by atoms with E-state index in [1.54, 1.807) is 6.07 Å². The van der Waals surface area contributed by atoms with Crippen molar-refractivity contribution < 1.29 is 9.15 Å². The fraction of sp³-hybridized carbons (Fsp3) is 0.211. The minimum absolute atomic E-state index is 0.0552. The standard InChI is InChI=1S/C19H15NO3/c21-17-8-6-13-5-7-16-15(18(13)23-17)11-20-10-9-12-3-1-2-4-14(12)19(20)22-16/h1-8,19H,9-11H2. The summed E-state index contributed by atoms with van der Waals surface area (Å²) in [6.07, 6.45) is 0.959. The predicted molar refractivity (Wildman–Crippen MR) is 86.4 cm³/mol. The molecule has 0 spiro atoms. The molecule has 0 aliphatic carbocycles. The molecule has 4 nitrogen and oxygen atoms in total. The van der Waals surface area contributed by atoms with E-state index in [2.05, 4.69) is 29.2 Å². The van der Waals surface area contributed by atoms with Gasteiger partial charge in [-0.2, -0.15) is 0 Å². The number of rotatable bonds is 0. The third-order valence-corrected chi connectivity index (χ3v) is 4.77. The molecule has 0 amide bonds. The Morgan fingerprint density at radius 1 is 1.04 bits per heavy atom. The summed E-state index contributed by atoms with van der Waals surface area (Å²) in [5.41, 5.74) is 3.88. The van der Waals surface area contributed by atoms with Gasteiger partial charge in [-0.3, -0.25) is 4.90 Å². The Balaban J connectivity index is 1.67. The molecule has 4 heteroatoms. The van der Waals surface area contributed by atoms with Crippen LogP contribution in [0.3, 0.4) is 0 Å². The number of benzene rings is 2. The van der Waals surface area contributed by atoms with Crippen molar-refractivity contribution in [1.82, 2.24) is 4.90 Å². The smallest absolute Gasteiger partial charge is 0.336 e. The topological polar surface area (TPSA) is 42.7 Å². The summed E-state index contributed by atoms with van der Waals surface area (Å²) in [5, 5.41) is 0.933. The fourth-order valence-corrected chi connectivity index (χ4v) is 3.64. The summed E-state index contributed by atoms with van der Waals surface area (Å²) in [5.74, 6) is 0.810. The largest absolute Gasteiger partial charge is 0.470 e. The zero-order chi connectivity index (χ0) is 15.4. The second kappa shape index (κ2) is 4.70. The van der Waals surface area contributed by atoms with Crippen LogP contribution in [-0.2, 0) is 13.0 Å². The van der Waals surface area contributed by atoms with E-state index in [4.69, 9.17) is 9.15 Å². The molecule has 23 heavy (non-hydrogen) atoms. The average molecular weight is 305 g/mol. The lowest BCUT2D eigenvalue weighted by Gasteiger charge is -2.41. The Kier molecular flexibility index (Phi) is 2.64. The molecule has 114 valence electrons. The van der Waals surface area contributed by atoms with Gasteiger partial charge in [-0.15, -0.1) is 0 Å². The molecule has 0 saturated carbocycles. The number of ether oxygens (including phenoxy) is 1. The summed E-state index contributed by atoms with van der Waals surface area (Å²) in [7, 11) is 0. The number of fused-ring (bicyclic) bond motifs is 6. The first-order valence-corrected chi connectivity index (χ1v) is 7.84. The zero-order valence-electron chi connectivity index (χ0n) is 12.5. The molecular formula is C19H15NO3. The summed E-state index contributed by atoms with van der Waals surface area (Å²) in [4.78, 5) is 13.9. The molecule has 2 aromatic carbocycles. The summed E-state index contributed by atoms with van der Waals surface area (Å²) >= 11 is 0. The van der Waals surface area contributed by atoms with Gasteiger partial charge in [-0.1, -0.05) is 24.3 Å². The third-order valence-electron chi connectivity index (χ3n) is 4.77. The first kappa shape index (κ1) is 12.9. The maximum atomic E-state index is 11.6. The molecule has 1 aromatic heterocycles. The molecule has 2 aliphatic heterocycles. The highest BCUT2D eigenvalue weighted by Crippen LogP contribution is 2.41. The Morgan fingerprint density at radius 2 is 1.91 bits per heavy atom. The van der Waals surface area contributed by atoms with Crippen molar-refractivity contribution in [3.8, 4) is 5.75 Å². The van der Waals surface area contributed by atoms with Gasteiger partial charge in [-0.25, -0.2) is 4.79 Å². The summed E-state index contributed by atoms with van der Waals surface area (Å²) < 4.78 is 11.7. The van der Waals surface area contributed by atoms with Crippen molar-refractivity contribution in [3.63, 3.8) is 0 Å². The van der Waals surface area contributed by atoms with E-state index in [0.29, 0.717) is 5.58 Å². The highest BCUT2D eigenvalue weighted by atomic mass is 16.5. The highest BCUT2D eigenvalue weighted by molar-refractivity contribution is 5.82. The molecule has 0 fully saturated rings. The molecule has 0 radical (unpaired) electrons. The Morgan fingerprint density at radius 3 is 2.87 bits per heavy atom. The zero-order valence-corrected chi connectivity index (χ0v) is 12.5. The van der Waals surface area contributed by atoms with Crippen LogP contribution in [0.25, 0.3) is 11.0 Å². The normalized spacial score (nSPS) is 19.6. The van der Waals surface area contributed by atoms with Crippen LogP contribution in [0.4, 0.5) is 0 Å². The van der Waals surface area contributed by atoms with Crippen molar-refractivity contribution in [2.24, 2.45) is 0 Å². The van der Waals surface area contributed by atoms with Crippen molar-refractivity contribution in [2.45, 2.75) is 19.2 Å². The van der Waals surface area contributed by atoms with Crippen LogP contribution in [0.2, 0.25) is 0 Å². The van der Waals surface area contributed by atoms with E-state index in [0.717, 1.165) is 36.2 Å². The lowest BCUT2D eigenvalue weighted by atomic mass is 9.96. The van der Waals surface area contributed by atoms with Gasteiger partial charge >= 0.3 is 5.63 Å². The van der Waals surface area contributed by atoms with Crippen LogP contribution in [0, 0.1) is 0 Å². The van der Waals surface area contributed by atoms with Gasteiger partial charge in [-0.05, 0) is 30.2 Å². The number of hydrogen-bond donors (Lipinski definition) is 0. The van der Waals surface area contributed by atoms with Gasteiger partial charge in [0.15, 0.2) is 6.23 Å². The third kappa shape index (κ3) is 1.92. The van der Waals surface area contributed by atoms with Crippen LogP contribution in [0.5, 0.6) is 5.75 Å². The molecule has 1 unspecified atom stereocenters. The van der Waals surface area contributed by atoms with Crippen LogP contribution >= 0.6 is 0 Å². The van der Waals surface area contributed by atoms with Gasteiger partial charge in [0.25, 0.3) is 0 Å². The van der Waals surface area contributed by atoms with E-state index in [9.17, 15) is 4.79 Å². The van der Waals surface area contributed by atoms with E-state index < -0.39 is 0 Å². The van der Waals surface area contributed by atoms with Gasteiger partial charge in [0.1, 0.15) is 11.3 Å². The maximum absolute atomic E-state index is 11.6. The lowest BCUT2D eigenvalue weighted by molar-refractivity contribution is -0.00994. The molecular weight excluding hydrogens is 290 g/mol. The molecule has 2 aliphatic rings. The van der Waals surface area contributed by atoms with Gasteiger partial charge in [0.05, 0.1) is 5.56 Å². The van der Waals surface area contributed by atoms with Gasteiger partial charge in [0.2, 0.25) is 0 Å². The van der Waals surface area contributed by atoms with E-state index in [-0.39, 0.29) is 11.9 Å². The van der Waals surface area contributed by atoms with E-state index in [1.807, 2.05) is 12.1 Å². The van der Waals surface area contributed by atoms with E-state index >= 15 is 0 Å². The maximum Gasteiger partial charge on any atom is 0.336 e. The minimum atomic E-state index is -0.322. The number of hydrogen-bond acceptors (Lipinski definition) is 4. The second-order valence-corrected chi connectivity index (χ2v) is 6.10. The van der Waals surface area contributed by atoms with Crippen molar-refractivity contribution in [2.75, 3.05) is 6.54 Å². The SMILES string of the molecule is O=c1ccc2ccc3c(c2o1)CN1CCc2ccccc2C1O3. The van der Waals surface area contributed by atoms with Crippen LogP contribution in [-0.4, -0.2) is 11.4 Å². The van der Waals surface area contributed by atoms with Crippen molar-refractivity contribution in [3.05, 3.63) is 75.6 Å². The average Bonchev–Trinajstić information content (AvgIpc) is 2.60. The van der Waals surface area contributed by atoms with Crippen LogP contribution in [0.15, 0.2) is 57.7 Å². The van der Waals surface area contributed by atoms with Crippen molar-refractivity contribution in [1.29, 1.82) is 0 Å². The minimum Gasteiger partial charge on any atom is -0.470 e. The molecule has 1 atom stereocenters. The fourth-order valence-electron chi connectivity index (χ4n) is 3.64. The molecule has 5 rings (SSSR count).